The van der Waals surface area contributed by atoms with E-state index in [2.05, 4.69) is 55.0 Å². The van der Waals surface area contributed by atoms with Gasteiger partial charge in [0.2, 0.25) is 0 Å². The summed E-state index contributed by atoms with van der Waals surface area (Å²) in [5.41, 5.74) is 1.27. The summed E-state index contributed by atoms with van der Waals surface area (Å²) >= 11 is 0. The van der Waals surface area contributed by atoms with E-state index in [1.807, 2.05) is 13.8 Å². The van der Waals surface area contributed by atoms with Crippen LogP contribution in [0.25, 0.3) is 0 Å². The van der Waals surface area contributed by atoms with Crippen molar-refractivity contribution in [2.75, 3.05) is 6.61 Å². The molecule has 0 aliphatic rings. The lowest BCUT2D eigenvalue weighted by Gasteiger charge is -2.29. The Labute approximate surface area is 183 Å². The summed E-state index contributed by atoms with van der Waals surface area (Å²) in [4.78, 5) is 0. The van der Waals surface area contributed by atoms with Crippen molar-refractivity contribution in [1.29, 1.82) is 0 Å². The average Bonchev–Trinajstić information content (AvgIpc) is 2.62. The van der Waals surface area contributed by atoms with Gasteiger partial charge in [-0.2, -0.15) is 0 Å². The fraction of sp³-hybridized carbons (Fsp3) is 0.846. The van der Waals surface area contributed by atoms with Crippen LogP contribution in [0.15, 0.2) is 24.5 Å². The van der Waals surface area contributed by atoms with E-state index in [-0.39, 0.29) is 5.41 Å². The zero-order chi connectivity index (χ0) is 22.6. The Balaban J connectivity index is 3.97. The van der Waals surface area contributed by atoms with E-state index < -0.39 is 5.60 Å². The number of ether oxygens (including phenoxy) is 1. The Morgan fingerprint density at radius 2 is 1.55 bits per heavy atom. The molecule has 2 nitrogen and oxygen atoms in total. The van der Waals surface area contributed by atoms with Crippen LogP contribution in [-0.4, -0.2) is 24.6 Å². The summed E-state index contributed by atoms with van der Waals surface area (Å²) in [6, 6.07) is 0. The number of unbranched alkanes of at least 4 members (excludes halogenated alkanes) is 2. The third-order valence-electron chi connectivity index (χ3n) is 6.13. The Hall–Kier alpha value is -0.695. The lowest BCUT2D eigenvalue weighted by atomic mass is 9.68. The van der Waals surface area contributed by atoms with Gasteiger partial charge >= 0.3 is 0 Å². The lowest BCUT2D eigenvalue weighted by molar-refractivity contribution is 0.0390. The van der Waals surface area contributed by atoms with Crippen LogP contribution in [0, 0.1) is 10.8 Å². The second kappa shape index (κ2) is 13.6. The molecule has 0 rings (SSSR count). The highest BCUT2D eigenvalue weighted by atomic mass is 16.5. The van der Waals surface area contributed by atoms with Crippen LogP contribution in [0.4, 0.5) is 0 Å². The van der Waals surface area contributed by atoms with E-state index in [0.29, 0.717) is 12.0 Å². The first-order chi connectivity index (χ1) is 13.3. The maximum atomic E-state index is 9.91. The molecular weight excluding hydrogens is 355 g/mol. The minimum Gasteiger partial charge on any atom is -0.498 e. The third kappa shape index (κ3) is 15.8. The molecule has 0 heterocycles. The Kier molecular flexibility index (Phi) is 13.3. The summed E-state index contributed by atoms with van der Waals surface area (Å²) in [6.45, 7) is 24.1. The summed E-state index contributed by atoms with van der Waals surface area (Å²) in [7, 11) is 2.28. The van der Waals surface area contributed by atoms with Gasteiger partial charge in [-0.05, 0) is 63.2 Å². The molecule has 1 N–H and O–H groups in total. The molecule has 0 aliphatic carbocycles. The topological polar surface area (TPSA) is 29.5 Å². The Morgan fingerprint density at radius 1 is 0.931 bits per heavy atom. The second-order valence-electron chi connectivity index (χ2n) is 10.9. The van der Waals surface area contributed by atoms with Gasteiger partial charge in [0, 0.05) is 6.42 Å². The molecule has 29 heavy (non-hydrogen) atoms. The van der Waals surface area contributed by atoms with Gasteiger partial charge in [0.15, 0.2) is 0 Å². The molecule has 3 heteroatoms. The highest BCUT2D eigenvalue weighted by Crippen LogP contribution is 2.35. The summed E-state index contributed by atoms with van der Waals surface area (Å²) in [5, 5.41) is 9.91. The SMILES string of the molecule is C=C(CCCCCC(=C)OCC(C)(C)CCC(C)(C)O)C[C@](C)(CC)CC[B]C. The van der Waals surface area contributed by atoms with Crippen molar-refractivity contribution in [3.63, 3.8) is 0 Å². The zero-order valence-corrected chi connectivity index (χ0v) is 20.8. The molecule has 0 saturated carbocycles. The van der Waals surface area contributed by atoms with Gasteiger partial charge in [-0.15, -0.1) is 0 Å². The van der Waals surface area contributed by atoms with E-state index in [1.165, 1.54) is 37.6 Å². The van der Waals surface area contributed by atoms with Crippen molar-refractivity contribution in [2.45, 2.75) is 124 Å². The average molecular weight is 405 g/mol. The van der Waals surface area contributed by atoms with Crippen molar-refractivity contribution in [1.82, 2.24) is 0 Å². The molecule has 0 amide bonds. The molecule has 169 valence electrons. The number of hydrogen-bond acceptors (Lipinski definition) is 2. The van der Waals surface area contributed by atoms with Crippen LogP contribution >= 0.6 is 0 Å². The van der Waals surface area contributed by atoms with Crippen molar-refractivity contribution < 1.29 is 9.84 Å². The molecule has 0 aromatic rings. The zero-order valence-electron chi connectivity index (χ0n) is 20.8. The molecule has 0 aromatic carbocycles. The van der Waals surface area contributed by atoms with Gasteiger partial charge in [0.25, 0.3) is 0 Å². The molecule has 0 fully saturated rings. The van der Waals surface area contributed by atoms with Crippen LogP contribution in [-0.2, 0) is 4.74 Å². The first-order valence-electron chi connectivity index (χ1n) is 11.8. The van der Waals surface area contributed by atoms with Crippen LogP contribution in [0.2, 0.25) is 13.1 Å². The van der Waals surface area contributed by atoms with Gasteiger partial charge in [0.1, 0.15) is 7.28 Å². The van der Waals surface area contributed by atoms with E-state index in [1.54, 1.807) is 0 Å². The number of allylic oxidation sites excluding steroid dienone is 2. The van der Waals surface area contributed by atoms with Gasteiger partial charge in [-0.1, -0.05) is 78.8 Å². The van der Waals surface area contributed by atoms with E-state index >= 15 is 0 Å². The van der Waals surface area contributed by atoms with Crippen molar-refractivity contribution in [3.05, 3.63) is 24.5 Å². The summed E-state index contributed by atoms with van der Waals surface area (Å²) in [5.74, 6) is 0.898. The second-order valence-corrected chi connectivity index (χ2v) is 10.9. The van der Waals surface area contributed by atoms with Crippen molar-refractivity contribution in [2.24, 2.45) is 10.8 Å². The van der Waals surface area contributed by atoms with Crippen LogP contribution in [0.5, 0.6) is 0 Å². The van der Waals surface area contributed by atoms with Gasteiger partial charge in [-0.25, -0.2) is 0 Å². The van der Waals surface area contributed by atoms with Gasteiger partial charge < -0.3 is 9.84 Å². The first-order valence-corrected chi connectivity index (χ1v) is 11.8. The number of aliphatic hydroxyl groups is 1. The molecule has 0 aromatic heterocycles. The van der Waals surface area contributed by atoms with Gasteiger partial charge in [-0.3, -0.25) is 0 Å². The Morgan fingerprint density at radius 3 is 2.10 bits per heavy atom. The van der Waals surface area contributed by atoms with Crippen molar-refractivity contribution in [3.8, 4) is 0 Å². The third-order valence-corrected chi connectivity index (χ3v) is 6.13. The predicted molar refractivity (Wildman–Crippen MR) is 131 cm³/mol. The standard InChI is InChI=1S/C26H50BO2/c1-10-26(8,18-19-27-9)20-22(2)14-12-11-13-15-23(3)29-21-24(4,5)16-17-25(6,7)28/h28H,2-3,10-21H2,1,4-9H3/t26-/m1/s1. The lowest BCUT2D eigenvalue weighted by Crippen LogP contribution is -2.25. The summed E-state index contributed by atoms with van der Waals surface area (Å²) in [6.07, 6.45) is 12.2. The highest BCUT2D eigenvalue weighted by Gasteiger charge is 2.24. The molecule has 0 spiro atoms. The first kappa shape index (κ1) is 28.3. The highest BCUT2D eigenvalue weighted by molar-refractivity contribution is 6.33. The minimum absolute atomic E-state index is 0.0577. The molecule has 0 saturated heterocycles. The smallest absolute Gasteiger partial charge is 0.105 e. The van der Waals surface area contributed by atoms with E-state index in [4.69, 9.17) is 4.74 Å². The predicted octanol–water partition coefficient (Wildman–Crippen LogP) is 7.97. The van der Waals surface area contributed by atoms with Crippen LogP contribution in [0.1, 0.15) is 106 Å². The minimum atomic E-state index is -0.610. The van der Waals surface area contributed by atoms with E-state index in [0.717, 1.165) is 44.3 Å². The largest absolute Gasteiger partial charge is 0.498 e. The fourth-order valence-electron chi connectivity index (χ4n) is 3.53. The Bertz CT molecular complexity index is 476. The van der Waals surface area contributed by atoms with E-state index in [9.17, 15) is 5.11 Å². The maximum absolute atomic E-state index is 9.91. The van der Waals surface area contributed by atoms with Crippen molar-refractivity contribution >= 4 is 7.28 Å². The maximum Gasteiger partial charge on any atom is 0.105 e. The number of rotatable bonds is 18. The fourth-order valence-corrected chi connectivity index (χ4v) is 3.53. The normalized spacial score (nSPS) is 14.3. The quantitative estimate of drug-likeness (QED) is 0.108. The molecule has 1 atom stereocenters. The van der Waals surface area contributed by atoms with Crippen LogP contribution < -0.4 is 0 Å². The molecule has 1 radical (unpaired) electrons. The van der Waals surface area contributed by atoms with Gasteiger partial charge in [0.05, 0.1) is 18.0 Å². The molecule has 0 bridgehead atoms. The molecule has 0 aliphatic heterocycles. The van der Waals surface area contributed by atoms with Crippen LogP contribution in [0.3, 0.4) is 0 Å². The summed E-state index contributed by atoms with van der Waals surface area (Å²) < 4.78 is 5.92. The molecular formula is C26H50BO2. The monoisotopic (exact) mass is 405 g/mol. The number of hydrogen-bond donors (Lipinski definition) is 1. The molecule has 0 unspecified atom stereocenters.